The number of hydrogen-bond acceptors (Lipinski definition) is 5. The Morgan fingerprint density at radius 3 is 2.54 bits per heavy atom. The van der Waals surface area contributed by atoms with Gasteiger partial charge in [0.1, 0.15) is 5.71 Å². The van der Waals surface area contributed by atoms with Crippen LogP contribution in [0.2, 0.25) is 0 Å². The normalized spacial score (nSPS) is 15.5. The maximum atomic E-state index is 12.4. The van der Waals surface area contributed by atoms with Gasteiger partial charge in [0, 0.05) is 19.9 Å². The third kappa shape index (κ3) is 4.41. The number of nitrogens with zero attached hydrogens (tertiary/aromatic N) is 2. The van der Waals surface area contributed by atoms with Gasteiger partial charge in [0.2, 0.25) is 5.91 Å². The van der Waals surface area contributed by atoms with Crippen molar-refractivity contribution in [1.82, 2.24) is 10.3 Å². The quantitative estimate of drug-likeness (QED) is 0.824. The highest BCUT2D eigenvalue weighted by Gasteiger charge is 2.25. The van der Waals surface area contributed by atoms with Crippen LogP contribution in [0.3, 0.4) is 0 Å². The number of amides is 2. The average molecular weight is 331 g/mol. The Hall–Kier alpha value is -2.70. The van der Waals surface area contributed by atoms with Gasteiger partial charge in [0.25, 0.3) is 5.91 Å². The van der Waals surface area contributed by atoms with E-state index in [4.69, 9.17) is 4.74 Å². The van der Waals surface area contributed by atoms with Gasteiger partial charge in [-0.15, -0.1) is 0 Å². The van der Waals surface area contributed by atoms with Crippen molar-refractivity contribution in [3.63, 3.8) is 0 Å². The number of methoxy groups -OCH3 is 1. The molecule has 1 aliphatic rings. The molecule has 0 fully saturated rings. The first-order chi connectivity index (χ1) is 11.4. The SMILES string of the molecule is COC(=O)C[C@@H](NC(=O)C1=NN(C)C(=O)CC1)c1ccc(C)cc1. The molecule has 0 radical (unpaired) electrons. The summed E-state index contributed by atoms with van der Waals surface area (Å²) in [5.41, 5.74) is 2.16. The highest BCUT2D eigenvalue weighted by molar-refractivity contribution is 6.39. The van der Waals surface area contributed by atoms with Crippen molar-refractivity contribution in [3.8, 4) is 0 Å². The second kappa shape index (κ2) is 7.72. The summed E-state index contributed by atoms with van der Waals surface area (Å²) in [7, 11) is 2.82. The van der Waals surface area contributed by atoms with Crippen LogP contribution < -0.4 is 5.32 Å². The molecule has 1 aromatic rings. The minimum absolute atomic E-state index is 0.0212. The van der Waals surface area contributed by atoms with Crippen LogP contribution >= 0.6 is 0 Å². The van der Waals surface area contributed by atoms with Crippen LogP contribution in [0.4, 0.5) is 0 Å². The van der Waals surface area contributed by atoms with Crippen molar-refractivity contribution >= 4 is 23.5 Å². The molecule has 7 nitrogen and oxygen atoms in total. The first-order valence-electron chi connectivity index (χ1n) is 7.69. The Morgan fingerprint density at radius 2 is 1.96 bits per heavy atom. The van der Waals surface area contributed by atoms with Gasteiger partial charge >= 0.3 is 5.97 Å². The largest absolute Gasteiger partial charge is 0.469 e. The summed E-state index contributed by atoms with van der Waals surface area (Å²) in [6.07, 6.45) is 0.552. The van der Waals surface area contributed by atoms with E-state index in [-0.39, 0.29) is 36.8 Å². The first-order valence-corrected chi connectivity index (χ1v) is 7.69. The molecular formula is C17H21N3O4. The first kappa shape index (κ1) is 17.7. The summed E-state index contributed by atoms with van der Waals surface area (Å²) in [5, 5.41) is 7.98. The molecule has 2 amide bonds. The molecule has 0 spiro atoms. The summed E-state index contributed by atoms with van der Waals surface area (Å²) >= 11 is 0. The standard InChI is InChI=1S/C17H21N3O4/c1-11-4-6-12(7-5-11)14(10-16(22)24-3)18-17(23)13-8-9-15(21)20(2)19-13/h4-7,14H,8-10H2,1-3H3,(H,18,23)/t14-/m1/s1. The lowest BCUT2D eigenvalue weighted by Gasteiger charge is -2.22. The monoisotopic (exact) mass is 331 g/mol. The number of benzene rings is 1. The van der Waals surface area contributed by atoms with E-state index in [2.05, 4.69) is 10.4 Å². The van der Waals surface area contributed by atoms with E-state index in [0.717, 1.165) is 11.1 Å². The van der Waals surface area contributed by atoms with E-state index >= 15 is 0 Å². The van der Waals surface area contributed by atoms with Gasteiger partial charge in [-0.05, 0) is 12.5 Å². The number of carbonyl (C=O) groups is 3. The summed E-state index contributed by atoms with van der Waals surface area (Å²) in [6.45, 7) is 1.96. The van der Waals surface area contributed by atoms with Gasteiger partial charge in [-0.1, -0.05) is 29.8 Å². The van der Waals surface area contributed by atoms with Crippen LogP contribution in [0.5, 0.6) is 0 Å². The number of rotatable bonds is 5. The zero-order valence-corrected chi connectivity index (χ0v) is 14.0. The summed E-state index contributed by atoms with van der Waals surface area (Å²) in [5.74, 6) is -0.932. The average Bonchev–Trinajstić information content (AvgIpc) is 2.57. The van der Waals surface area contributed by atoms with E-state index in [0.29, 0.717) is 0 Å². The predicted octanol–water partition coefficient (Wildman–Crippen LogP) is 1.32. The Bertz CT molecular complexity index is 667. The van der Waals surface area contributed by atoms with Gasteiger partial charge in [0.05, 0.1) is 19.6 Å². The minimum Gasteiger partial charge on any atom is -0.469 e. The third-order valence-electron chi connectivity index (χ3n) is 3.85. The summed E-state index contributed by atoms with van der Waals surface area (Å²) in [6, 6.07) is 7.03. The van der Waals surface area contributed by atoms with Gasteiger partial charge in [-0.3, -0.25) is 14.4 Å². The molecular weight excluding hydrogens is 310 g/mol. The number of hydrogen-bond donors (Lipinski definition) is 1. The molecule has 2 rings (SSSR count). The van der Waals surface area contributed by atoms with Gasteiger partial charge in [-0.25, -0.2) is 5.01 Å². The van der Waals surface area contributed by atoms with Crippen LogP contribution in [-0.2, 0) is 19.1 Å². The lowest BCUT2D eigenvalue weighted by atomic mass is 10.0. The zero-order chi connectivity index (χ0) is 17.7. The Morgan fingerprint density at radius 1 is 1.29 bits per heavy atom. The maximum absolute atomic E-state index is 12.4. The molecule has 7 heteroatoms. The number of hydrazone groups is 1. The van der Waals surface area contributed by atoms with Gasteiger partial charge in [-0.2, -0.15) is 5.10 Å². The summed E-state index contributed by atoms with van der Waals surface area (Å²) in [4.78, 5) is 35.5. The van der Waals surface area contributed by atoms with E-state index in [1.54, 1.807) is 0 Å². The molecule has 1 heterocycles. The number of esters is 1. The smallest absolute Gasteiger partial charge is 0.307 e. The molecule has 1 atom stereocenters. The van der Waals surface area contributed by atoms with Crippen molar-refractivity contribution in [1.29, 1.82) is 0 Å². The molecule has 0 saturated heterocycles. The highest BCUT2D eigenvalue weighted by atomic mass is 16.5. The molecule has 128 valence electrons. The van der Waals surface area contributed by atoms with Crippen LogP contribution in [0, 0.1) is 6.92 Å². The number of ether oxygens (including phenoxy) is 1. The second-order valence-electron chi connectivity index (χ2n) is 5.68. The number of aryl methyl sites for hydroxylation is 1. The molecule has 1 N–H and O–H groups in total. The van der Waals surface area contributed by atoms with Crippen molar-refractivity contribution < 1.29 is 19.1 Å². The number of nitrogens with one attached hydrogen (secondary N) is 1. The van der Waals surface area contributed by atoms with Crippen molar-refractivity contribution in [2.24, 2.45) is 5.10 Å². The predicted molar refractivity (Wildman–Crippen MR) is 88.1 cm³/mol. The fourth-order valence-corrected chi connectivity index (χ4v) is 2.38. The Kier molecular flexibility index (Phi) is 5.68. The minimum atomic E-state index is -0.517. The van der Waals surface area contributed by atoms with Crippen LogP contribution in [-0.4, -0.2) is 42.7 Å². The molecule has 0 unspecified atom stereocenters. The maximum Gasteiger partial charge on any atom is 0.307 e. The van der Waals surface area contributed by atoms with Crippen LogP contribution in [0.15, 0.2) is 29.4 Å². The van der Waals surface area contributed by atoms with Crippen molar-refractivity contribution in [2.45, 2.75) is 32.2 Å². The molecule has 24 heavy (non-hydrogen) atoms. The highest BCUT2D eigenvalue weighted by Crippen LogP contribution is 2.19. The third-order valence-corrected chi connectivity index (χ3v) is 3.85. The van der Waals surface area contributed by atoms with Crippen molar-refractivity contribution in [3.05, 3.63) is 35.4 Å². The van der Waals surface area contributed by atoms with Crippen LogP contribution in [0.1, 0.15) is 36.4 Å². The fraction of sp³-hybridized carbons (Fsp3) is 0.412. The topological polar surface area (TPSA) is 88.1 Å². The lowest BCUT2D eigenvalue weighted by Crippen LogP contribution is -2.39. The second-order valence-corrected chi connectivity index (χ2v) is 5.68. The van der Waals surface area contributed by atoms with Crippen LogP contribution in [0.25, 0.3) is 0 Å². The van der Waals surface area contributed by atoms with E-state index in [1.165, 1.54) is 19.2 Å². The zero-order valence-electron chi connectivity index (χ0n) is 14.0. The van der Waals surface area contributed by atoms with E-state index in [9.17, 15) is 14.4 Å². The van der Waals surface area contributed by atoms with E-state index in [1.807, 2.05) is 31.2 Å². The van der Waals surface area contributed by atoms with Crippen molar-refractivity contribution in [2.75, 3.05) is 14.2 Å². The lowest BCUT2D eigenvalue weighted by molar-refractivity contribution is -0.141. The Balaban J connectivity index is 2.17. The molecule has 0 saturated carbocycles. The molecule has 0 bridgehead atoms. The number of carbonyl (C=O) groups excluding carboxylic acids is 3. The molecule has 0 aromatic heterocycles. The molecule has 0 aliphatic carbocycles. The van der Waals surface area contributed by atoms with Gasteiger partial charge < -0.3 is 10.1 Å². The van der Waals surface area contributed by atoms with E-state index < -0.39 is 12.0 Å². The summed E-state index contributed by atoms with van der Waals surface area (Å²) < 4.78 is 4.71. The molecule has 1 aromatic carbocycles. The fourth-order valence-electron chi connectivity index (χ4n) is 2.38. The molecule has 1 aliphatic heterocycles. The Labute approximate surface area is 140 Å². The van der Waals surface area contributed by atoms with Gasteiger partial charge in [0.15, 0.2) is 0 Å².